The van der Waals surface area contributed by atoms with Crippen molar-refractivity contribution in [3.8, 4) is 0 Å². The zero-order valence-electron chi connectivity index (χ0n) is 18.2. The number of carbonyl (C=O) groups excluding carboxylic acids is 2. The van der Waals surface area contributed by atoms with Gasteiger partial charge in [-0.1, -0.05) is 38.1 Å². The van der Waals surface area contributed by atoms with Gasteiger partial charge in [-0.2, -0.15) is 0 Å². The Balaban J connectivity index is 1.67. The molecule has 31 heavy (non-hydrogen) atoms. The maximum atomic E-state index is 13.7. The second kappa shape index (κ2) is 10.2. The number of pyridine rings is 1. The minimum absolute atomic E-state index is 0.00746. The zero-order valence-corrected chi connectivity index (χ0v) is 18.2. The van der Waals surface area contributed by atoms with Gasteiger partial charge in [0.1, 0.15) is 5.82 Å². The number of allylic oxidation sites excluding steroid dienone is 1. The number of fused-ring (bicyclic) bond motifs is 1. The standard InChI is InChI=1S/C25H28FN3O2/c1-17(2)8-11-25(31)29-13-12-21-20(16-29)14-27-18(3)22(21)15-28-24(30)10-9-19-6-4-5-7-23(19)26/h4-11,14,17H,12-13,15-16H2,1-3H3,(H,28,30)/b10-9+,11-8+. The number of nitrogens with zero attached hydrogens (tertiary/aromatic N) is 2. The highest BCUT2D eigenvalue weighted by Gasteiger charge is 2.23. The summed E-state index contributed by atoms with van der Waals surface area (Å²) < 4.78 is 13.7. The Morgan fingerprint density at radius 2 is 2.03 bits per heavy atom. The number of nitrogens with one attached hydrogen (secondary N) is 1. The third-order valence-corrected chi connectivity index (χ3v) is 5.29. The first-order valence-corrected chi connectivity index (χ1v) is 10.5. The molecule has 3 rings (SSSR count). The highest BCUT2D eigenvalue weighted by atomic mass is 19.1. The Bertz CT molecular complexity index is 1030. The number of amides is 2. The summed E-state index contributed by atoms with van der Waals surface area (Å²) in [6.07, 6.45) is 8.87. The van der Waals surface area contributed by atoms with Gasteiger partial charge in [0.2, 0.25) is 11.8 Å². The Labute approximate surface area is 182 Å². The molecule has 0 unspecified atom stereocenters. The topological polar surface area (TPSA) is 62.3 Å². The van der Waals surface area contributed by atoms with Crippen LogP contribution in [0.15, 0.2) is 48.7 Å². The molecule has 0 atom stereocenters. The van der Waals surface area contributed by atoms with E-state index in [-0.39, 0.29) is 17.6 Å². The lowest BCUT2D eigenvalue weighted by Crippen LogP contribution is -2.36. The van der Waals surface area contributed by atoms with Crippen molar-refractivity contribution in [2.24, 2.45) is 5.92 Å². The minimum Gasteiger partial charge on any atom is -0.348 e. The van der Waals surface area contributed by atoms with E-state index in [0.717, 1.165) is 28.8 Å². The first kappa shape index (κ1) is 22.4. The van der Waals surface area contributed by atoms with Gasteiger partial charge in [-0.25, -0.2) is 4.39 Å². The monoisotopic (exact) mass is 421 g/mol. The summed E-state index contributed by atoms with van der Waals surface area (Å²) in [5.41, 5.74) is 4.35. The second-order valence-electron chi connectivity index (χ2n) is 8.01. The van der Waals surface area contributed by atoms with Gasteiger partial charge in [0.15, 0.2) is 0 Å². The van der Waals surface area contributed by atoms with E-state index in [1.165, 1.54) is 18.2 Å². The molecule has 0 saturated carbocycles. The minimum atomic E-state index is -0.369. The fraction of sp³-hybridized carbons (Fsp3) is 0.320. The summed E-state index contributed by atoms with van der Waals surface area (Å²) >= 11 is 0. The van der Waals surface area contributed by atoms with Crippen molar-refractivity contribution in [1.29, 1.82) is 0 Å². The molecule has 0 radical (unpaired) electrons. The molecule has 1 aromatic heterocycles. The molecule has 0 saturated heterocycles. The quantitative estimate of drug-likeness (QED) is 0.719. The Hall–Kier alpha value is -3.28. The van der Waals surface area contributed by atoms with Gasteiger partial charge in [-0.3, -0.25) is 14.6 Å². The molecular weight excluding hydrogens is 393 g/mol. The van der Waals surface area contributed by atoms with Crippen LogP contribution in [0.5, 0.6) is 0 Å². The molecule has 0 fully saturated rings. The molecule has 2 amide bonds. The molecule has 0 bridgehead atoms. The van der Waals surface area contributed by atoms with Crippen LogP contribution in [-0.4, -0.2) is 28.2 Å². The molecular formula is C25H28FN3O2. The van der Waals surface area contributed by atoms with Gasteiger partial charge in [0, 0.05) is 43.2 Å². The maximum absolute atomic E-state index is 13.7. The third-order valence-electron chi connectivity index (χ3n) is 5.29. The van der Waals surface area contributed by atoms with Crippen LogP contribution in [0.3, 0.4) is 0 Å². The number of halogens is 1. The fourth-order valence-electron chi connectivity index (χ4n) is 3.53. The van der Waals surface area contributed by atoms with E-state index in [1.807, 2.05) is 37.9 Å². The predicted molar refractivity (Wildman–Crippen MR) is 119 cm³/mol. The molecule has 1 aliphatic heterocycles. The molecule has 1 N–H and O–H groups in total. The van der Waals surface area contributed by atoms with Crippen molar-refractivity contribution < 1.29 is 14.0 Å². The Morgan fingerprint density at radius 1 is 1.26 bits per heavy atom. The van der Waals surface area contributed by atoms with Crippen LogP contribution in [0.25, 0.3) is 6.08 Å². The van der Waals surface area contributed by atoms with Gasteiger partial charge in [-0.05, 0) is 54.2 Å². The number of carbonyl (C=O) groups is 2. The zero-order chi connectivity index (χ0) is 22.4. The second-order valence-corrected chi connectivity index (χ2v) is 8.01. The van der Waals surface area contributed by atoms with E-state index in [1.54, 1.807) is 24.3 Å². The summed E-state index contributed by atoms with van der Waals surface area (Å²) in [5, 5.41) is 2.87. The number of hydrogen-bond donors (Lipinski definition) is 1. The Kier molecular flexibility index (Phi) is 7.34. The van der Waals surface area contributed by atoms with Crippen molar-refractivity contribution in [3.05, 3.63) is 82.5 Å². The molecule has 1 aromatic carbocycles. The van der Waals surface area contributed by atoms with Gasteiger partial charge < -0.3 is 10.2 Å². The van der Waals surface area contributed by atoms with Crippen LogP contribution in [0.1, 0.15) is 41.8 Å². The highest BCUT2D eigenvalue weighted by molar-refractivity contribution is 5.91. The third kappa shape index (κ3) is 5.87. The van der Waals surface area contributed by atoms with Gasteiger partial charge in [0.05, 0.1) is 0 Å². The molecule has 2 heterocycles. The molecule has 0 spiro atoms. The van der Waals surface area contributed by atoms with Crippen LogP contribution in [0.4, 0.5) is 4.39 Å². The van der Waals surface area contributed by atoms with Crippen molar-refractivity contribution in [1.82, 2.24) is 15.2 Å². The summed E-state index contributed by atoms with van der Waals surface area (Å²) in [6, 6.07) is 6.30. The van der Waals surface area contributed by atoms with Gasteiger partial charge in [-0.15, -0.1) is 0 Å². The average molecular weight is 422 g/mol. The number of benzene rings is 1. The van der Waals surface area contributed by atoms with E-state index in [2.05, 4.69) is 10.3 Å². The normalized spacial score (nSPS) is 13.8. The van der Waals surface area contributed by atoms with Gasteiger partial charge >= 0.3 is 0 Å². The van der Waals surface area contributed by atoms with Crippen molar-refractivity contribution in [3.63, 3.8) is 0 Å². The van der Waals surface area contributed by atoms with Crippen LogP contribution < -0.4 is 5.32 Å². The summed E-state index contributed by atoms with van der Waals surface area (Å²) in [6.45, 7) is 7.47. The molecule has 6 heteroatoms. The van der Waals surface area contributed by atoms with Crippen LogP contribution in [-0.2, 0) is 29.1 Å². The lowest BCUT2D eigenvalue weighted by molar-refractivity contribution is -0.127. The number of rotatable bonds is 6. The number of hydrogen-bond acceptors (Lipinski definition) is 3. The van der Waals surface area contributed by atoms with E-state index < -0.39 is 0 Å². The highest BCUT2D eigenvalue weighted by Crippen LogP contribution is 2.24. The van der Waals surface area contributed by atoms with Crippen molar-refractivity contribution >= 4 is 17.9 Å². The first-order chi connectivity index (χ1) is 14.8. The fourth-order valence-corrected chi connectivity index (χ4v) is 3.53. The number of aromatic nitrogens is 1. The molecule has 1 aliphatic rings. The van der Waals surface area contributed by atoms with Crippen LogP contribution in [0.2, 0.25) is 0 Å². The van der Waals surface area contributed by atoms with Crippen LogP contribution >= 0.6 is 0 Å². The largest absolute Gasteiger partial charge is 0.348 e. The van der Waals surface area contributed by atoms with Gasteiger partial charge in [0.25, 0.3) is 0 Å². The van der Waals surface area contributed by atoms with E-state index >= 15 is 0 Å². The van der Waals surface area contributed by atoms with E-state index in [0.29, 0.717) is 31.1 Å². The molecule has 5 nitrogen and oxygen atoms in total. The van der Waals surface area contributed by atoms with Crippen LogP contribution in [0, 0.1) is 18.7 Å². The smallest absolute Gasteiger partial charge is 0.246 e. The van der Waals surface area contributed by atoms with E-state index in [9.17, 15) is 14.0 Å². The number of aryl methyl sites for hydroxylation is 1. The van der Waals surface area contributed by atoms with E-state index in [4.69, 9.17) is 0 Å². The van der Waals surface area contributed by atoms with Crippen molar-refractivity contribution in [2.45, 2.75) is 40.3 Å². The lowest BCUT2D eigenvalue weighted by atomic mass is 9.94. The molecule has 2 aromatic rings. The summed E-state index contributed by atoms with van der Waals surface area (Å²) in [5.74, 6) is -0.334. The summed E-state index contributed by atoms with van der Waals surface area (Å²) in [7, 11) is 0. The lowest BCUT2D eigenvalue weighted by Gasteiger charge is -2.30. The summed E-state index contributed by atoms with van der Waals surface area (Å²) in [4.78, 5) is 31.0. The predicted octanol–water partition coefficient (Wildman–Crippen LogP) is 3.96. The molecule has 0 aliphatic carbocycles. The molecule has 162 valence electrons. The van der Waals surface area contributed by atoms with Crippen molar-refractivity contribution in [2.75, 3.05) is 6.54 Å². The average Bonchev–Trinajstić information content (AvgIpc) is 2.75. The SMILES string of the molecule is Cc1ncc2c(c1CNC(=O)/C=C/c1ccccc1F)CCN(C(=O)/C=C/C(C)C)C2. The Morgan fingerprint density at radius 3 is 2.77 bits per heavy atom. The first-order valence-electron chi connectivity index (χ1n) is 10.5. The maximum Gasteiger partial charge on any atom is 0.246 e.